The molecule has 0 bridgehead atoms. The molecule has 0 saturated carbocycles. The van der Waals surface area contributed by atoms with Gasteiger partial charge in [0.15, 0.2) is 0 Å². The van der Waals surface area contributed by atoms with Crippen LogP contribution in [0.5, 0.6) is 0 Å². The number of amides is 2. The third-order valence-electron chi connectivity index (χ3n) is 5.19. The zero-order valence-electron chi connectivity index (χ0n) is 16.9. The average molecular weight is 428 g/mol. The molecular weight excluding hydrogens is 402 g/mol. The van der Waals surface area contributed by atoms with Crippen LogP contribution in [0.2, 0.25) is 5.02 Å². The fraction of sp³-hybridized carbons (Fsp3) is 0.304. The second-order valence-electron chi connectivity index (χ2n) is 7.18. The van der Waals surface area contributed by atoms with Gasteiger partial charge in [0.05, 0.1) is 12.6 Å². The van der Waals surface area contributed by atoms with E-state index in [-0.39, 0.29) is 11.9 Å². The van der Waals surface area contributed by atoms with E-state index in [1.165, 1.54) is 0 Å². The van der Waals surface area contributed by atoms with Crippen LogP contribution in [0.15, 0.2) is 59.7 Å². The van der Waals surface area contributed by atoms with Crippen molar-refractivity contribution in [2.75, 3.05) is 32.5 Å². The summed E-state index contributed by atoms with van der Waals surface area (Å²) in [4.78, 5) is 26.0. The summed E-state index contributed by atoms with van der Waals surface area (Å²) in [5, 5.41) is 3.45. The fourth-order valence-electron chi connectivity index (χ4n) is 3.63. The van der Waals surface area contributed by atoms with Crippen LogP contribution >= 0.6 is 11.6 Å². The normalized spacial score (nSPS) is 18.8. The van der Waals surface area contributed by atoms with Gasteiger partial charge in [0.1, 0.15) is 0 Å². The first-order valence-corrected chi connectivity index (χ1v) is 10.2. The molecule has 1 aromatic rings. The number of nitrogens with one attached hydrogen (secondary N) is 1. The van der Waals surface area contributed by atoms with Gasteiger partial charge >= 0.3 is 0 Å². The molecule has 1 aliphatic carbocycles. The number of ether oxygens (including phenoxy) is 1. The predicted octanol–water partition coefficient (Wildman–Crippen LogP) is 3.11. The highest BCUT2D eigenvalue weighted by Gasteiger charge is 2.26. The molecule has 0 fully saturated rings. The summed E-state index contributed by atoms with van der Waals surface area (Å²) in [5.41, 5.74) is 10.3. The molecule has 3 rings (SSSR count). The number of carbonyl (C=O) groups is 2. The minimum Gasteiger partial charge on any atom is -0.398 e. The Labute approximate surface area is 181 Å². The second kappa shape index (κ2) is 10.3. The fourth-order valence-corrected chi connectivity index (χ4v) is 3.80. The van der Waals surface area contributed by atoms with Crippen LogP contribution in [0.1, 0.15) is 18.4 Å². The Hall–Kier alpha value is -2.83. The molecule has 2 aliphatic rings. The number of nitrogen functional groups attached to an aromatic ring is 1. The molecule has 30 heavy (non-hydrogen) atoms. The van der Waals surface area contributed by atoms with Crippen molar-refractivity contribution in [1.29, 1.82) is 0 Å². The number of hydrogen-bond donors (Lipinski definition) is 2. The van der Waals surface area contributed by atoms with Gasteiger partial charge in [0, 0.05) is 42.0 Å². The summed E-state index contributed by atoms with van der Waals surface area (Å²) in [7, 11) is 1.59. The van der Waals surface area contributed by atoms with Gasteiger partial charge in [-0.05, 0) is 54.3 Å². The van der Waals surface area contributed by atoms with E-state index in [9.17, 15) is 9.59 Å². The maximum atomic E-state index is 12.5. The number of hydrogen-bond acceptors (Lipinski definition) is 4. The molecule has 1 unspecified atom stereocenters. The lowest BCUT2D eigenvalue weighted by molar-refractivity contribution is -0.119. The molecule has 158 valence electrons. The number of nitrogens with two attached hydrogens (primary N) is 1. The summed E-state index contributed by atoms with van der Waals surface area (Å²) in [6.45, 7) is 1.44. The monoisotopic (exact) mass is 427 g/mol. The summed E-state index contributed by atoms with van der Waals surface area (Å²) in [6, 6.07) is 5.14. The van der Waals surface area contributed by atoms with Crippen molar-refractivity contribution in [2.45, 2.75) is 18.9 Å². The molecule has 6 nitrogen and oxygen atoms in total. The van der Waals surface area contributed by atoms with Crippen LogP contribution in [0.4, 0.5) is 5.69 Å². The number of nitrogens with zero attached hydrogens (tertiary/aromatic N) is 1. The number of carbonyl (C=O) groups excluding carboxylic acids is 2. The third-order valence-corrected chi connectivity index (χ3v) is 5.43. The highest BCUT2D eigenvalue weighted by Crippen LogP contribution is 2.33. The van der Waals surface area contributed by atoms with Gasteiger partial charge in [-0.2, -0.15) is 0 Å². The number of halogens is 1. The zero-order chi connectivity index (χ0) is 21.5. The minimum absolute atomic E-state index is 0.173. The van der Waals surface area contributed by atoms with Crippen LogP contribution in [0.3, 0.4) is 0 Å². The van der Waals surface area contributed by atoms with E-state index in [2.05, 4.69) is 5.32 Å². The van der Waals surface area contributed by atoms with Crippen molar-refractivity contribution in [3.63, 3.8) is 0 Å². The summed E-state index contributed by atoms with van der Waals surface area (Å²) < 4.78 is 4.98. The van der Waals surface area contributed by atoms with Crippen molar-refractivity contribution in [1.82, 2.24) is 10.2 Å². The van der Waals surface area contributed by atoms with Crippen LogP contribution in [-0.2, 0) is 14.3 Å². The van der Waals surface area contributed by atoms with Crippen molar-refractivity contribution in [3.05, 3.63) is 70.3 Å². The Morgan fingerprint density at radius 3 is 3.03 bits per heavy atom. The molecule has 1 heterocycles. The van der Waals surface area contributed by atoms with Crippen molar-refractivity contribution in [2.24, 2.45) is 0 Å². The number of anilines is 1. The Kier molecular flexibility index (Phi) is 7.49. The van der Waals surface area contributed by atoms with Crippen LogP contribution in [-0.4, -0.2) is 50.1 Å². The maximum Gasteiger partial charge on any atom is 0.251 e. The van der Waals surface area contributed by atoms with Gasteiger partial charge < -0.3 is 20.7 Å². The second-order valence-corrected chi connectivity index (χ2v) is 7.62. The topological polar surface area (TPSA) is 84.7 Å². The molecule has 1 aliphatic heterocycles. The average Bonchev–Trinajstić information content (AvgIpc) is 3.01. The molecule has 0 radical (unpaired) electrons. The van der Waals surface area contributed by atoms with Gasteiger partial charge in [-0.25, -0.2) is 0 Å². The molecule has 2 amide bonds. The van der Waals surface area contributed by atoms with Crippen molar-refractivity contribution >= 4 is 35.2 Å². The lowest BCUT2D eigenvalue weighted by Crippen LogP contribution is -2.38. The van der Waals surface area contributed by atoms with Crippen molar-refractivity contribution in [3.8, 4) is 0 Å². The number of methoxy groups -OCH3 is 1. The Morgan fingerprint density at radius 1 is 1.43 bits per heavy atom. The lowest BCUT2D eigenvalue weighted by atomic mass is 9.90. The SMILES string of the molecule is COCCNC(=O)C1=CC=CCC(C2C=C(c3cc(Cl)ccc3N)CCN2C=O)=C1. The molecule has 0 saturated heterocycles. The van der Waals surface area contributed by atoms with Gasteiger partial charge in [0.25, 0.3) is 5.91 Å². The quantitative estimate of drug-likeness (QED) is 0.398. The van der Waals surface area contributed by atoms with E-state index >= 15 is 0 Å². The van der Waals surface area contributed by atoms with E-state index in [1.54, 1.807) is 30.2 Å². The molecule has 0 spiro atoms. The van der Waals surface area contributed by atoms with Gasteiger partial charge in [-0.1, -0.05) is 29.8 Å². The first-order chi connectivity index (χ1) is 14.5. The minimum atomic E-state index is -0.262. The predicted molar refractivity (Wildman–Crippen MR) is 120 cm³/mol. The Balaban J connectivity index is 1.92. The first-order valence-electron chi connectivity index (χ1n) is 9.85. The Bertz CT molecular complexity index is 934. The maximum absolute atomic E-state index is 12.5. The van der Waals surface area contributed by atoms with E-state index in [0.29, 0.717) is 48.8 Å². The zero-order valence-corrected chi connectivity index (χ0v) is 17.7. The molecular formula is C23H26ClN3O3. The Morgan fingerprint density at radius 2 is 2.27 bits per heavy atom. The van der Waals surface area contributed by atoms with Gasteiger partial charge in [-0.15, -0.1) is 0 Å². The summed E-state index contributed by atoms with van der Waals surface area (Å²) in [6.07, 6.45) is 11.7. The van der Waals surface area contributed by atoms with Gasteiger partial charge in [0.2, 0.25) is 6.41 Å². The van der Waals surface area contributed by atoms with Crippen molar-refractivity contribution < 1.29 is 14.3 Å². The molecule has 3 N–H and O–H groups in total. The molecule has 7 heteroatoms. The van der Waals surface area contributed by atoms with Crippen LogP contribution in [0.25, 0.3) is 5.57 Å². The van der Waals surface area contributed by atoms with Crippen LogP contribution < -0.4 is 11.1 Å². The van der Waals surface area contributed by atoms with E-state index in [1.807, 2.05) is 30.4 Å². The van der Waals surface area contributed by atoms with Crippen LogP contribution in [0, 0.1) is 0 Å². The van der Waals surface area contributed by atoms with Gasteiger partial charge in [-0.3, -0.25) is 9.59 Å². The molecule has 1 aromatic carbocycles. The number of allylic oxidation sites excluding steroid dienone is 3. The summed E-state index contributed by atoms with van der Waals surface area (Å²) >= 11 is 6.17. The highest BCUT2D eigenvalue weighted by molar-refractivity contribution is 6.30. The van der Waals surface area contributed by atoms with E-state index in [4.69, 9.17) is 22.1 Å². The largest absolute Gasteiger partial charge is 0.398 e. The number of benzene rings is 1. The standard InChI is InChI=1S/C23H26ClN3O3/c1-30-11-9-26-23(29)18-5-3-2-4-17(12-18)22-13-16(8-10-27(22)15-28)20-14-19(24)6-7-21(20)25/h2-3,5-7,12-15,22H,4,8-11,25H2,1H3,(H,26,29). The van der Waals surface area contributed by atoms with E-state index < -0.39 is 0 Å². The van der Waals surface area contributed by atoms with E-state index in [0.717, 1.165) is 23.1 Å². The molecule has 0 aromatic heterocycles. The third kappa shape index (κ3) is 5.20. The number of rotatable bonds is 7. The molecule has 1 atom stereocenters. The highest BCUT2D eigenvalue weighted by atomic mass is 35.5. The lowest BCUT2D eigenvalue weighted by Gasteiger charge is -2.33. The summed E-state index contributed by atoms with van der Waals surface area (Å²) in [5.74, 6) is -0.173. The first kappa shape index (κ1) is 21.9. The smallest absolute Gasteiger partial charge is 0.251 e.